The minimum Gasteiger partial charge on any atom is -0.378 e. The highest BCUT2D eigenvalue weighted by atomic mass is 19.4. The first-order valence-corrected chi connectivity index (χ1v) is 8.15. The summed E-state index contributed by atoms with van der Waals surface area (Å²) >= 11 is 0. The highest BCUT2D eigenvalue weighted by Crippen LogP contribution is 2.51. The van der Waals surface area contributed by atoms with Gasteiger partial charge in [0.15, 0.2) is 0 Å². The van der Waals surface area contributed by atoms with Crippen LogP contribution in [-0.2, 0) is 6.18 Å². The molecule has 2 aromatic rings. The van der Waals surface area contributed by atoms with Crippen molar-refractivity contribution in [3.8, 4) is 0 Å². The van der Waals surface area contributed by atoms with Crippen molar-refractivity contribution in [2.45, 2.75) is 31.5 Å². The number of aryl methyl sites for hydroxylation is 1. The Bertz CT molecular complexity index is 807. The van der Waals surface area contributed by atoms with E-state index in [-0.39, 0.29) is 17.9 Å². The monoisotopic (exact) mass is 329 g/mol. The summed E-state index contributed by atoms with van der Waals surface area (Å²) in [4.78, 5) is 0. The van der Waals surface area contributed by atoms with Gasteiger partial charge in [0.25, 0.3) is 0 Å². The molecule has 0 aromatic heterocycles. The van der Waals surface area contributed by atoms with E-state index < -0.39 is 11.7 Å². The van der Waals surface area contributed by atoms with Gasteiger partial charge >= 0.3 is 6.18 Å². The molecular formula is C20H18F3N. The Kier molecular flexibility index (Phi) is 3.44. The number of allylic oxidation sites excluding steroid dienone is 2. The zero-order valence-electron chi connectivity index (χ0n) is 13.3. The van der Waals surface area contributed by atoms with Crippen LogP contribution in [0.5, 0.6) is 0 Å². The second kappa shape index (κ2) is 5.40. The molecule has 1 aliphatic heterocycles. The summed E-state index contributed by atoms with van der Waals surface area (Å²) in [5.41, 5.74) is 3.10. The molecule has 0 unspecified atom stereocenters. The van der Waals surface area contributed by atoms with Gasteiger partial charge in [-0.1, -0.05) is 48.0 Å². The summed E-state index contributed by atoms with van der Waals surface area (Å²) in [6.07, 6.45) is 0.694. The normalized spacial score (nSPS) is 25.1. The Hall–Kier alpha value is -2.23. The van der Waals surface area contributed by atoms with Crippen molar-refractivity contribution in [1.29, 1.82) is 0 Å². The van der Waals surface area contributed by atoms with E-state index in [2.05, 4.69) is 23.5 Å². The smallest absolute Gasteiger partial charge is 0.378 e. The van der Waals surface area contributed by atoms with E-state index in [0.29, 0.717) is 5.56 Å². The van der Waals surface area contributed by atoms with Crippen LogP contribution in [0.4, 0.5) is 18.9 Å². The Balaban J connectivity index is 1.83. The molecule has 4 heteroatoms. The quantitative estimate of drug-likeness (QED) is 0.648. The van der Waals surface area contributed by atoms with Crippen LogP contribution in [0, 0.1) is 12.8 Å². The van der Waals surface area contributed by atoms with E-state index in [9.17, 15) is 13.2 Å². The molecule has 124 valence electrons. The standard InChI is InChI=1S/C20H18F3N/c1-12-9-10-18-16(11-12)13-6-4-7-14(13)19(24-18)15-5-2-3-8-17(15)20(21,22)23/h2-6,8-11,13-14,19,24H,7H2,1H3/t13-,14-,19-/m1/s1. The number of halogens is 3. The van der Waals surface area contributed by atoms with E-state index in [1.807, 2.05) is 19.1 Å². The summed E-state index contributed by atoms with van der Waals surface area (Å²) < 4.78 is 40.4. The van der Waals surface area contributed by atoms with Crippen LogP contribution in [-0.4, -0.2) is 0 Å². The topological polar surface area (TPSA) is 12.0 Å². The van der Waals surface area contributed by atoms with E-state index in [1.165, 1.54) is 23.3 Å². The van der Waals surface area contributed by atoms with Gasteiger partial charge in [-0.25, -0.2) is 0 Å². The zero-order chi connectivity index (χ0) is 16.9. The van der Waals surface area contributed by atoms with Gasteiger partial charge in [-0.2, -0.15) is 13.2 Å². The molecule has 1 aliphatic carbocycles. The number of hydrogen-bond acceptors (Lipinski definition) is 1. The van der Waals surface area contributed by atoms with Gasteiger partial charge in [0.05, 0.1) is 11.6 Å². The first-order chi connectivity index (χ1) is 11.4. The molecule has 1 heterocycles. The third-order valence-corrected chi connectivity index (χ3v) is 5.12. The molecule has 1 nitrogen and oxygen atoms in total. The first-order valence-electron chi connectivity index (χ1n) is 8.15. The fraction of sp³-hybridized carbons (Fsp3) is 0.300. The van der Waals surface area contributed by atoms with Crippen LogP contribution in [0.25, 0.3) is 0 Å². The Morgan fingerprint density at radius 2 is 1.83 bits per heavy atom. The number of hydrogen-bond donors (Lipinski definition) is 1. The molecule has 0 bridgehead atoms. The number of rotatable bonds is 1. The first kappa shape index (κ1) is 15.3. The molecule has 3 atom stereocenters. The third kappa shape index (κ3) is 2.41. The largest absolute Gasteiger partial charge is 0.416 e. The predicted molar refractivity (Wildman–Crippen MR) is 89.0 cm³/mol. The molecular weight excluding hydrogens is 311 g/mol. The number of fused-ring (bicyclic) bond motifs is 3. The lowest BCUT2D eigenvalue weighted by Gasteiger charge is -2.38. The minimum atomic E-state index is -4.34. The molecule has 0 spiro atoms. The number of alkyl halides is 3. The lowest BCUT2D eigenvalue weighted by atomic mass is 9.76. The average Bonchev–Trinajstić information content (AvgIpc) is 3.03. The molecule has 2 aliphatic rings. The van der Waals surface area contributed by atoms with Gasteiger partial charge in [-0.15, -0.1) is 0 Å². The highest BCUT2D eigenvalue weighted by molar-refractivity contribution is 5.61. The fourth-order valence-electron chi connectivity index (χ4n) is 4.05. The Morgan fingerprint density at radius 1 is 1.04 bits per heavy atom. The maximum Gasteiger partial charge on any atom is 0.416 e. The van der Waals surface area contributed by atoms with Crippen molar-refractivity contribution in [2.24, 2.45) is 5.92 Å². The lowest BCUT2D eigenvalue weighted by Crippen LogP contribution is -2.30. The van der Waals surface area contributed by atoms with Gasteiger partial charge in [0.1, 0.15) is 0 Å². The average molecular weight is 329 g/mol. The summed E-state index contributed by atoms with van der Waals surface area (Å²) in [5, 5.41) is 3.38. The molecule has 0 fully saturated rings. The van der Waals surface area contributed by atoms with E-state index in [1.54, 1.807) is 12.1 Å². The fourth-order valence-corrected chi connectivity index (χ4v) is 4.05. The second-order valence-electron chi connectivity index (χ2n) is 6.65. The molecule has 24 heavy (non-hydrogen) atoms. The van der Waals surface area contributed by atoms with Gasteiger partial charge in [-0.05, 0) is 42.5 Å². The third-order valence-electron chi connectivity index (χ3n) is 5.12. The maximum absolute atomic E-state index is 13.5. The predicted octanol–water partition coefficient (Wildman–Crippen LogP) is 5.84. The molecule has 0 saturated carbocycles. The van der Waals surface area contributed by atoms with Crippen molar-refractivity contribution in [3.05, 3.63) is 76.9 Å². The van der Waals surface area contributed by atoms with Crippen LogP contribution in [0.15, 0.2) is 54.6 Å². The summed E-state index contributed by atoms with van der Waals surface area (Å²) in [7, 11) is 0. The van der Waals surface area contributed by atoms with Crippen molar-refractivity contribution in [2.75, 3.05) is 5.32 Å². The van der Waals surface area contributed by atoms with E-state index in [0.717, 1.165) is 12.1 Å². The number of anilines is 1. The summed E-state index contributed by atoms with van der Waals surface area (Å²) in [5.74, 6) is 0.287. The maximum atomic E-state index is 13.5. The molecule has 0 radical (unpaired) electrons. The van der Waals surface area contributed by atoms with Crippen LogP contribution >= 0.6 is 0 Å². The van der Waals surface area contributed by atoms with Crippen LogP contribution in [0.1, 0.15) is 40.6 Å². The van der Waals surface area contributed by atoms with E-state index in [4.69, 9.17) is 0 Å². The number of nitrogens with one attached hydrogen (secondary N) is 1. The number of benzene rings is 2. The van der Waals surface area contributed by atoms with Crippen molar-refractivity contribution in [3.63, 3.8) is 0 Å². The molecule has 1 N–H and O–H groups in total. The van der Waals surface area contributed by atoms with E-state index >= 15 is 0 Å². The van der Waals surface area contributed by atoms with Crippen LogP contribution < -0.4 is 5.32 Å². The van der Waals surface area contributed by atoms with Gasteiger partial charge in [-0.3, -0.25) is 0 Å². The van der Waals surface area contributed by atoms with Crippen molar-refractivity contribution < 1.29 is 13.2 Å². The minimum absolute atomic E-state index is 0.114. The highest BCUT2D eigenvalue weighted by Gasteiger charge is 2.42. The Morgan fingerprint density at radius 3 is 2.62 bits per heavy atom. The van der Waals surface area contributed by atoms with Gasteiger partial charge < -0.3 is 5.32 Å². The van der Waals surface area contributed by atoms with Gasteiger partial charge in [0.2, 0.25) is 0 Å². The second-order valence-corrected chi connectivity index (χ2v) is 6.65. The van der Waals surface area contributed by atoms with Crippen molar-refractivity contribution >= 4 is 5.69 Å². The molecule has 0 amide bonds. The molecule has 0 saturated heterocycles. The zero-order valence-corrected chi connectivity index (χ0v) is 13.3. The van der Waals surface area contributed by atoms with Crippen LogP contribution in [0.3, 0.4) is 0 Å². The summed E-state index contributed by atoms with van der Waals surface area (Å²) in [6.45, 7) is 2.04. The van der Waals surface area contributed by atoms with Crippen molar-refractivity contribution in [1.82, 2.24) is 0 Å². The van der Waals surface area contributed by atoms with Gasteiger partial charge in [0, 0.05) is 11.6 Å². The SMILES string of the molecule is Cc1ccc2c(c1)[C@@H]1C=CC[C@H]1[C@H](c1ccccc1C(F)(F)F)N2. The Labute approximate surface area is 139 Å². The molecule has 2 aromatic carbocycles. The lowest BCUT2D eigenvalue weighted by molar-refractivity contribution is -0.138. The molecule has 4 rings (SSSR count). The van der Waals surface area contributed by atoms with Crippen LogP contribution in [0.2, 0.25) is 0 Å². The summed E-state index contributed by atoms with van der Waals surface area (Å²) in [6, 6.07) is 11.7.